The fourth-order valence-electron chi connectivity index (χ4n) is 1.40. The molecule has 1 aromatic rings. The molecule has 0 aromatic heterocycles. The van der Waals surface area contributed by atoms with Gasteiger partial charge in [-0.05, 0) is 36.6 Å². The molecule has 0 aliphatic rings. The highest BCUT2D eigenvalue weighted by Gasteiger charge is 2.12. The molecule has 0 spiro atoms. The number of nitrogens with two attached hydrogens (primary N) is 2. The molecule has 0 aliphatic carbocycles. The highest BCUT2D eigenvalue weighted by Crippen LogP contribution is 2.30. The number of halogens is 2. The molecule has 0 aliphatic heterocycles. The Hall–Kier alpha value is -0.390. The number of carbonyl (C=O) groups excluding carboxylic acids is 1. The molecular formula is C11H14Br2N2O. The van der Waals surface area contributed by atoms with Crippen molar-refractivity contribution in [3.05, 3.63) is 32.2 Å². The average molecular weight is 350 g/mol. The molecule has 88 valence electrons. The Morgan fingerprint density at radius 3 is 2.56 bits per heavy atom. The van der Waals surface area contributed by atoms with E-state index >= 15 is 0 Å². The molecular weight excluding hydrogens is 336 g/mol. The molecule has 3 nitrogen and oxygen atoms in total. The molecule has 0 fully saturated rings. The number of hydrogen-bond donors (Lipinski definition) is 2. The molecule has 0 saturated heterocycles. The minimum atomic E-state index is -0.322. The van der Waals surface area contributed by atoms with Crippen LogP contribution in [-0.4, -0.2) is 5.91 Å². The lowest BCUT2D eigenvalue weighted by Gasteiger charge is -2.14. The SMILES string of the molecule is Cc1cc(Br)c(C(N)CCC(N)=O)cc1Br. The van der Waals surface area contributed by atoms with Crippen LogP contribution in [0.4, 0.5) is 0 Å². The number of aryl methyl sites for hydroxylation is 1. The maximum atomic E-state index is 10.7. The summed E-state index contributed by atoms with van der Waals surface area (Å²) in [6.07, 6.45) is 0.864. The van der Waals surface area contributed by atoms with Crippen molar-refractivity contribution in [2.75, 3.05) is 0 Å². The number of hydrogen-bond acceptors (Lipinski definition) is 2. The second-order valence-electron chi connectivity index (χ2n) is 3.73. The van der Waals surface area contributed by atoms with Crippen molar-refractivity contribution in [2.24, 2.45) is 11.5 Å². The molecule has 0 heterocycles. The Morgan fingerprint density at radius 2 is 2.00 bits per heavy atom. The van der Waals surface area contributed by atoms with Gasteiger partial charge in [-0.1, -0.05) is 31.9 Å². The van der Waals surface area contributed by atoms with Crippen LogP contribution >= 0.6 is 31.9 Å². The lowest BCUT2D eigenvalue weighted by Crippen LogP contribution is -2.17. The Kier molecular flexibility index (Phi) is 4.95. The van der Waals surface area contributed by atoms with Gasteiger partial charge in [-0.2, -0.15) is 0 Å². The van der Waals surface area contributed by atoms with E-state index in [1.165, 1.54) is 0 Å². The van der Waals surface area contributed by atoms with Gasteiger partial charge in [-0.3, -0.25) is 4.79 Å². The second kappa shape index (κ2) is 5.80. The lowest BCUT2D eigenvalue weighted by molar-refractivity contribution is -0.118. The summed E-state index contributed by atoms with van der Waals surface area (Å²) in [6, 6.07) is 3.80. The van der Waals surface area contributed by atoms with Crippen molar-refractivity contribution in [1.29, 1.82) is 0 Å². The van der Waals surface area contributed by atoms with Gasteiger partial charge in [-0.15, -0.1) is 0 Å². The highest BCUT2D eigenvalue weighted by atomic mass is 79.9. The van der Waals surface area contributed by atoms with Crippen molar-refractivity contribution < 1.29 is 4.79 Å². The standard InChI is InChI=1S/C11H14Br2N2O/c1-6-4-9(13)7(5-8(6)12)10(14)2-3-11(15)16/h4-5,10H,2-3,14H2,1H3,(H2,15,16). The summed E-state index contributed by atoms with van der Waals surface area (Å²) in [5, 5.41) is 0. The van der Waals surface area contributed by atoms with E-state index in [-0.39, 0.29) is 11.9 Å². The normalized spacial score (nSPS) is 12.5. The monoisotopic (exact) mass is 348 g/mol. The second-order valence-corrected chi connectivity index (χ2v) is 5.44. The molecule has 1 rings (SSSR count). The first-order valence-corrected chi connectivity index (χ1v) is 6.50. The third kappa shape index (κ3) is 3.57. The summed E-state index contributed by atoms with van der Waals surface area (Å²) < 4.78 is 1.98. The topological polar surface area (TPSA) is 69.1 Å². The van der Waals surface area contributed by atoms with Crippen molar-refractivity contribution in [2.45, 2.75) is 25.8 Å². The number of carbonyl (C=O) groups is 1. The third-order valence-electron chi connectivity index (χ3n) is 2.38. The summed E-state index contributed by atoms with van der Waals surface area (Å²) in [5.41, 5.74) is 13.2. The van der Waals surface area contributed by atoms with Gasteiger partial charge >= 0.3 is 0 Å². The van der Waals surface area contributed by atoms with Crippen LogP contribution in [0.1, 0.15) is 30.0 Å². The first-order valence-electron chi connectivity index (χ1n) is 4.91. The Balaban J connectivity index is 2.86. The van der Waals surface area contributed by atoms with E-state index < -0.39 is 0 Å². The van der Waals surface area contributed by atoms with E-state index in [4.69, 9.17) is 11.5 Å². The van der Waals surface area contributed by atoms with Gasteiger partial charge in [0.1, 0.15) is 0 Å². The largest absolute Gasteiger partial charge is 0.370 e. The van der Waals surface area contributed by atoms with Crippen molar-refractivity contribution in [1.82, 2.24) is 0 Å². The van der Waals surface area contributed by atoms with Gasteiger partial charge in [0, 0.05) is 21.4 Å². The Labute approximate surface area is 112 Å². The minimum Gasteiger partial charge on any atom is -0.370 e. The van der Waals surface area contributed by atoms with Crippen LogP contribution < -0.4 is 11.5 Å². The van der Waals surface area contributed by atoms with Crippen molar-refractivity contribution in [3.63, 3.8) is 0 Å². The van der Waals surface area contributed by atoms with Crippen LogP contribution in [0, 0.1) is 6.92 Å². The maximum absolute atomic E-state index is 10.7. The van der Waals surface area contributed by atoms with E-state index in [2.05, 4.69) is 31.9 Å². The molecule has 0 radical (unpaired) electrons. The van der Waals surface area contributed by atoms with Gasteiger partial charge in [0.05, 0.1) is 0 Å². The van der Waals surface area contributed by atoms with Crippen LogP contribution in [-0.2, 0) is 4.79 Å². The number of benzene rings is 1. The average Bonchev–Trinajstić information content (AvgIpc) is 2.20. The first-order chi connectivity index (χ1) is 7.41. The lowest BCUT2D eigenvalue weighted by atomic mass is 10.0. The van der Waals surface area contributed by atoms with Crippen LogP contribution in [0.2, 0.25) is 0 Å². The van der Waals surface area contributed by atoms with Crippen molar-refractivity contribution >= 4 is 37.8 Å². The molecule has 16 heavy (non-hydrogen) atoms. The van der Waals surface area contributed by atoms with E-state index in [0.717, 1.165) is 20.1 Å². The number of primary amides is 1. The zero-order chi connectivity index (χ0) is 12.3. The molecule has 1 unspecified atom stereocenters. The zero-order valence-electron chi connectivity index (χ0n) is 8.97. The number of amides is 1. The van der Waals surface area contributed by atoms with Gasteiger partial charge in [0.15, 0.2) is 0 Å². The molecule has 0 bridgehead atoms. The fraction of sp³-hybridized carbons (Fsp3) is 0.364. The third-order valence-corrected chi connectivity index (χ3v) is 3.92. The maximum Gasteiger partial charge on any atom is 0.217 e. The molecule has 1 aromatic carbocycles. The summed E-state index contributed by atoms with van der Waals surface area (Å²) in [4.78, 5) is 10.7. The van der Waals surface area contributed by atoms with Gasteiger partial charge in [0.2, 0.25) is 5.91 Å². The number of rotatable bonds is 4. The van der Waals surface area contributed by atoms with E-state index in [0.29, 0.717) is 12.8 Å². The first kappa shape index (κ1) is 13.7. The quantitative estimate of drug-likeness (QED) is 0.877. The molecule has 5 heteroatoms. The van der Waals surface area contributed by atoms with E-state index in [1.54, 1.807) is 0 Å². The van der Waals surface area contributed by atoms with Crippen LogP contribution in [0.25, 0.3) is 0 Å². The highest BCUT2D eigenvalue weighted by molar-refractivity contribution is 9.11. The molecule has 4 N–H and O–H groups in total. The minimum absolute atomic E-state index is 0.182. The van der Waals surface area contributed by atoms with E-state index in [9.17, 15) is 4.79 Å². The van der Waals surface area contributed by atoms with Gasteiger partial charge < -0.3 is 11.5 Å². The fourth-order valence-corrected chi connectivity index (χ4v) is 2.51. The Bertz CT molecular complexity index is 407. The predicted molar refractivity (Wildman–Crippen MR) is 71.9 cm³/mol. The van der Waals surface area contributed by atoms with Crippen LogP contribution in [0.3, 0.4) is 0 Å². The Morgan fingerprint density at radius 1 is 1.38 bits per heavy atom. The molecule has 1 atom stereocenters. The summed E-state index contributed by atoms with van der Waals surface area (Å²) in [5.74, 6) is -0.322. The summed E-state index contributed by atoms with van der Waals surface area (Å²) in [6.45, 7) is 2.01. The van der Waals surface area contributed by atoms with E-state index in [1.807, 2.05) is 19.1 Å². The molecule has 0 saturated carbocycles. The van der Waals surface area contributed by atoms with Crippen LogP contribution in [0.5, 0.6) is 0 Å². The van der Waals surface area contributed by atoms with Gasteiger partial charge in [-0.25, -0.2) is 0 Å². The smallest absolute Gasteiger partial charge is 0.217 e. The summed E-state index contributed by atoms with van der Waals surface area (Å²) in [7, 11) is 0. The van der Waals surface area contributed by atoms with Crippen molar-refractivity contribution in [3.8, 4) is 0 Å². The van der Waals surface area contributed by atoms with Gasteiger partial charge in [0.25, 0.3) is 0 Å². The summed E-state index contributed by atoms with van der Waals surface area (Å²) >= 11 is 6.93. The van der Waals surface area contributed by atoms with Crippen LogP contribution in [0.15, 0.2) is 21.1 Å². The predicted octanol–water partition coefficient (Wildman–Crippen LogP) is 2.79. The molecule has 1 amide bonds. The zero-order valence-corrected chi connectivity index (χ0v) is 12.1.